The maximum absolute atomic E-state index is 13.2. The summed E-state index contributed by atoms with van der Waals surface area (Å²) < 4.78 is 13.2. The molecular weight excluding hydrogens is 201 g/mol. The summed E-state index contributed by atoms with van der Waals surface area (Å²) in [4.78, 5) is 0. The van der Waals surface area contributed by atoms with Crippen molar-refractivity contribution in [2.45, 2.75) is 37.5 Å². The molecule has 0 bridgehead atoms. The number of hydrogen-bond donors (Lipinski definition) is 1. The molecule has 1 nitrogen and oxygen atoms in total. The summed E-state index contributed by atoms with van der Waals surface area (Å²) in [7, 11) is 0. The second-order valence-corrected chi connectivity index (χ2v) is 5.27. The fourth-order valence-electron chi connectivity index (χ4n) is 3.51. The van der Waals surface area contributed by atoms with E-state index in [1.54, 1.807) is 12.1 Å². The third-order valence-electron chi connectivity index (χ3n) is 4.45. The first-order valence-corrected chi connectivity index (χ1v) is 6.25. The molecule has 1 saturated carbocycles. The molecule has 1 atom stereocenters. The Labute approximate surface area is 95.8 Å². The Morgan fingerprint density at radius 2 is 2.19 bits per heavy atom. The third-order valence-corrected chi connectivity index (χ3v) is 4.45. The van der Waals surface area contributed by atoms with Crippen molar-refractivity contribution in [2.75, 3.05) is 6.54 Å². The molecule has 1 unspecified atom stereocenters. The highest BCUT2D eigenvalue weighted by atomic mass is 19.1. The number of halogens is 1. The van der Waals surface area contributed by atoms with Gasteiger partial charge in [-0.05, 0) is 73.2 Å². The standard InChI is InChI=1S/C14H18FN/c15-12-3-4-13-10(9-12)1-2-11(5-8-16)14(13)6-7-14/h3-4,9,11H,1-2,5-8,16H2. The smallest absolute Gasteiger partial charge is 0.123 e. The fraction of sp³-hybridized carbons (Fsp3) is 0.571. The first-order chi connectivity index (χ1) is 7.76. The van der Waals surface area contributed by atoms with E-state index in [-0.39, 0.29) is 5.82 Å². The maximum atomic E-state index is 13.2. The van der Waals surface area contributed by atoms with E-state index in [1.807, 2.05) is 6.07 Å². The van der Waals surface area contributed by atoms with Gasteiger partial charge in [-0.25, -0.2) is 4.39 Å². The summed E-state index contributed by atoms with van der Waals surface area (Å²) >= 11 is 0. The number of benzene rings is 1. The SMILES string of the molecule is NCCC1CCc2cc(F)ccc2C12CC2. The van der Waals surface area contributed by atoms with Gasteiger partial charge < -0.3 is 5.73 Å². The van der Waals surface area contributed by atoms with Crippen molar-refractivity contribution < 1.29 is 4.39 Å². The number of aryl methyl sites for hydroxylation is 1. The van der Waals surface area contributed by atoms with Crippen molar-refractivity contribution in [3.63, 3.8) is 0 Å². The average molecular weight is 219 g/mol. The molecule has 86 valence electrons. The van der Waals surface area contributed by atoms with E-state index >= 15 is 0 Å². The molecule has 0 aliphatic heterocycles. The van der Waals surface area contributed by atoms with Gasteiger partial charge in [0.25, 0.3) is 0 Å². The van der Waals surface area contributed by atoms with Crippen LogP contribution in [0, 0.1) is 11.7 Å². The van der Waals surface area contributed by atoms with Gasteiger partial charge in [0.1, 0.15) is 5.82 Å². The van der Waals surface area contributed by atoms with Gasteiger partial charge in [0, 0.05) is 0 Å². The Hall–Kier alpha value is -0.890. The highest BCUT2D eigenvalue weighted by Gasteiger charge is 2.52. The first-order valence-electron chi connectivity index (χ1n) is 6.25. The molecule has 0 saturated heterocycles. The number of rotatable bonds is 2. The molecule has 2 aliphatic carbocycles. The Morgan fingerprint density at radius 1 is 1.38 bits per heavy atom. The Bertz CT molecular complexity index is 409. The minimum atomic E-state index is -0.0909. The van der Waals surface area contributed by atoms with E-state index in [0.29, 0.717) is 5.41 Å². The Balaban J connectivity index is 1.99. The van der Waals surface area contributed by atoms with Crippen molar-refractivity contribution in [1.29, 1.82) is 0 Å². The van der Waals surface area contributed by atoms with Crippen molar-refractivity contribution in [2.24, 2.45) is 11.7 Å². The van der Waals surface area contributed by atoms with E-state index in [4.69, 9.17) is 5.73 Å². The number of hydrogen-bond acceptors (Lipinski definition) is 1. The second-order valence-electron chi connectivity index (χ2n) is 5.27. The van der Waals surface area contributed by atoms with Crippen LogP contribution in [0.3, 0.4) is 0 Å². The quantitative estimate of drug-likeness (QED) is 0.813. The molecule has 1 aromatic rings. The van der Waals surface area contributed by atoms with Gasteiger partial charge in [-0.2, -0.15) is 0 Å². The molecule has 1 fully saturated rings. The van der Waals surface area contributed by atoms with Crippen LogP contribution in [0.1, 0.15) is 36.8 Å². The molecular formula is C14H18FN. The summed E-state index contributed by atoms with van der Waals surface area (Å²) in [6.45, 7) is 0.781. The molecule has 1 aromatic carbocycles. The molecule has 0 radical (unpaired) electrons. The molecule has 3 rings (SSSR count). The molecule has 0 amide bonds. The average Bonchev–Trinajstić information content (AvgIpc) is 3.04. The largest absolute Gasteiger partial charge is 0.330 e. The van der Waals surface area contributed by atoms with Crippen molar-refractivity contribution in [3.8, 4) is 0 Å². The zero-order valence-corrected chi connectivity index (χ0v) is 9.51. The summed E-state index contributed by atoms with van der Waals surface area (Å²) in [5.41, 5.74) is 8.72. The van der Waals surface area contributed by atoms with Crippen LogP contribution in [0.5, 0.6) is 0 Å². The normalized spacial score (nSPS) is 25.5. The summed E-state index contributed by atoms with van der Waals surface area (Å²) in [6.07, 6.45) is 5.89. The van der Waals surface area contributed by atoms with E-state index in [0.717, 1.165) is 25.3 Å². The molecule has 0 heterocycles. The lowest BCUT2D eigenvalue weighted by atomic mass is 9.71. The van der Waals surface area contributed by atoms with Crippen LogP contribution in [0.4, 0.5) is 4.39 Å². The maximum Gasteiger partial charge on any atom is 0.123 e. The Morgan fingerprint density at radius 3 is 2.88 bits per heavy atom. The summed E-state index contributed by atoms with van der Waals surface area (Å²) in [6, 6.07) is 5.36. The lowest BCUT2D eigenvalue weighted by molar-refractivity contribution is 0.334. The highest BCUT2D eigenvalue weighted by Crippen LogP contribution is 2.59. The lowest BCUT2D eigenvalue weighted by Crippen LogP contribution is -2.29. The van der Waals surface area contributed by atoms with Crippen molar-refractivity contribution >= 4 is 0 Å². The highest BCUT2D eigenvalue weighted by molar-refractivity contribution is 5.42. The zero-order chi connectivity index (χ0) is 11.2. The van der Waals surface area contributed by atoms with Gasteiger partial charge in [-0.1, -0.05) is 6.07 Å². The minimum absolute atomic E-state index is 0.0909. The summed E-state index contributed by atoms with van der Waals surface area (Å²) in [5, 5.41) is 0. The third kappa shape index (κ3) is 1.40. The molecule has 2 heteroatoms. The van der Waals surface area contributed by atoms with Crippen LogP contribution < -0.4 is 5.73 Å². The van der Waals surface area contributed by atoms with Crippen LogP contribution >= 0.6 is 0 Å². The van der Waals surface area contributed by atoms with Gasteiger partial charge in [-0.15, -0.1) is 0 Å². The topological polar surface area (TPSA) is 26.0 Å². The van der Waals surface area contributed by atoms with Crippen LogP contribution in [0.15, 0.2) is 18.2 Å². The van der Waals surface area contributed by atoms with Crippen LogP contribution in [-0.4, -0.2) is 6.54 Å². The predicted octanol–water partition coefficient (Wildman–Crippen LogP) is 2.77. The Kier molecular flexibility index (Phi) is 2.28. The van der Waals surface area contributed by atoms with Gasteiger partial charge in [-0.3, -0.25) is 0 Å². The van der Waals surface area contributed by atoms with Gasteiger partial charge >= 0.3 is 0 Å². The lowest BCUT2D eigenvalue weighted by Gasteiger charge is -2.34. The minimum Gasteiger partial charge on any atom is -0.330 e. The van der Waals surface area contributed by atoms with Gasteiger partial charge in [0.2, 0.25) is 0 Å². The van der Waals surface area contributed by atoms with Crippen molar-refractivity contribution in [1.82, 2.24) is 0 Å². The van der Waals surface area contributed by atoms with E-state index in [1.165, 1.54) is 30.4 Å². The molecule has 2 aliphatic rings. The first kappa shape index (κ1) is 10.3. The van der Waals surface area contributed by atoms with Gasteiger partial charge in [0.05, 0.1) is 0 Å². The van der Waals surface area contributed by atoms with Crippen molar-refractivity contribution in [3.05, 3.63) is 35.1 Å². The van der Waals surface area contributed by atoms with E-state index in [2.05, 4.69) is 0 Å². The zero-order valence-electron chi connectivity index (χ0n) is 9.51. The second kappa shape index (κ2) is 3.56. The van der Waals surface area contributed by atoms with Crippen LogP contribution in [-0.2, 0) is 11.8 Å². The molecule has 1 spiro atoms. The molecule has 2 N–H and O–H groups in total. The monoisotopic (exact) mass is 219 g/mol. The fourth-order valence-corrected chi connectivity index (χ4v) is 3.51. The predicted molar refractivity (Wildman–Crippen MR) is 62.8 cm³/mol. The molecule has 16 heavy (non-hydrogen) atoms. The van der Waals surface area contributed by atoms with Crippen LogP contribution in [0.25, 0.3) is 0 Å². The van der Waals surface area contributed by atoms with Gasteiger partial charge in [0.15, 0.2) is 0 Å². The number of fused-ring (bicyclic) bond motifs is 2. The van der Waals surface area contributed by atoms with Crippen LogP contribution in [0.2, 0.25) is 0 Å². The number of nitrogens with two attached hydrogens (primary N) is 1. The molecule has 0 aromatic heterocycles. The van der Waals surface area contributed by atoms with E-state index < -0.39 is 0 Å². The van der Waals surface area contributed by atoms with E-state index in [9.17, 15) is 4.39 Å². The summed E-state index contributed by atoms with van der Waals surface area (Å²) in [5.74, 6) is 0.641.